The summed E-state index contributed by atoms with van der Waals surface area (Å²) in [5, 5.41) is 0. The van der Waals surface area contributed by atoms with Crippen LogP contribution in [0.1, 0.15) is 38.2 Å². The van der Waals surface area contributed by atoms with Crippen molar-refractivity contribution in [2.75, 3.05) is 19.8 Å². The molecule has 0 N–H and O–H groups in total. The summed E-state index contributed by atoms with van der Waals surface area (Å²) in [6.07, 6.45) is 4.28. The lowest BCUT2D eigenvalue weighted by Gasteiger charge is -2.36. The maximum Gasteiger partial charge on any atom is 0.243 e. The molecule has 2 heterocycles. The molecule has 2 aliphatic heterocycles. The summed E-state index contributed by atoms with van der Waals surface area (Å²) >= 11 is 0. The number of hydrogen-bond acceptors (Lipinski definition) is 4. The molecule has 0 spiro atoms. The van der Waals surface area contributed by atoms with Crippen LogP contribution in [0.3, 0.4) is 0 Å². The Hall–Kier alpha value is -0.950. The summed E-state index contributed by atoms with van der Waals surface area (Å²) < 4.78 is 38.8. The standard InChI is InChI=1S/C17H25NO4S/c1-2-5-14-7-9-15(10-8-14)23(19,20)18-11-4-3-6-16(18)17-21-12-13-22-17/h7-10,16-17H,2-6,11-13H2,1H3. The molecule has 0 aliphatic carbocycles. The van der Waals surface area contributed by atoms with Crippen molar-refractivity contribution in [3.8, 4) is 0 Å². The Morgan fingerprint density at radius 1 is 1.13 bits per heavy atom. The Balaban J connectivity index is 1.83. The molecule has 23 heavy (non-hydrogen) atoms. The third-order valence-electron chi connectivity index (χ3n) is 4.53. The van der Waals surface area contributed by atoms with E-state index in [1.165, 1.54) is 5.56 Å². The average Bonchev–Trinajstić information content (AvgIpc) is 3.10. The summed E-state index contributed by atoms with van der Waals surface area (Å²) in [7, 11) is -3.51. The van der Waals surface area contributed by atoms with E-state index in [2.05, 4.69) is 6.92 Å². The van der Waals surface area contributed by atoms with Crippen LogP contribution in [0, 0.1) is 0 Å². The van der Waals surface area contributed by atoms with Crippen LogP contribution in [0.5, 0.6) is 0 Å². The Morgan fingerprint density at radius 3 is 2.48 bits per heavy atom. The van der Waals surface area contributed by atoms with Gasteiger partial charge in [0.05, 0.1) is 24.2 Å². The molecule has 0 aromatic heterocycles. The molecular formula is C17H25NO4S. The fourth-order valence-electron chi connectivity index (χ4n) is 3.35. The fourth-order valence-corrected chi connectivity index (χ4v) is 5.03. The average molecular weight is 339 g/mol. The highest BCUT2D eigenvalue weighted by Gasteiger charge is 2.40. The van der Waals surface area contributed by atoms with Crippen molar-refractivity contribution in [1.29, 1.82) is 0 Å². The predicted octanol–water partition coefficient (Wildman–Crippen LogP) is 2.56. The van der Waals surface area contributed by atoms with Gasteiger partial charge < -0.3 is 9.47 Å². The van der Waals surface area contributed by atoms with Crippen LogP contribution in [0.2, 0.25) is 0 Å². The van der Waals surface area contributed by atoms with Gasteiger partial charge in [-0.15, -0.1) is 0 Å². The SMILES string of the molecule is CCCc1ccc(S(=O)(=O)N2CCCCC2C2OCCO2)cc1. The highest BCUT2D eigenvalue weighted by Crippen LogP contribution is 2.30. The van der Waals surface area contributed by atoms with E-state index in [1.54, 1.807) is 16.4 Å². The van der Waals surface area contributed by atoms with E-state index in [4.69, 9.17) is 9.47 Å². The lowest BCUT2D eigenvalue weighted by atomic mass is 10.0. The number of piperidine rings is 1. The molecule has 2 fully saturated rings. The van der Waals surface area contributed by atoms with E-state index in [-0.39, 0.29) is 6.04 Å². The van der Waals surface area contributed by atoms with Crippen molar-refractivity contribution in [2.45, 2.75) is 56.3 Å². The molecule has 2 aliphatic rings. The van der Waals surface area contributed by atoms with Gasteiger partial charge >= 0.3 is 0 Å². The molecule has 0 saturated carbocycles. The van der Waals surface area contributed by atoms with Crippen molar-refractivity contribution in [3.63, 3.8) is 0 Å². The Morgan fingerprint density at radius 2 is 1.83 bits per heavy atom. The second-order valence-electron chi connectivity index (χ2n) is 6.18. The third kappa shape index (κ3) is 3.60. The molecule has 6 heteroatoms. The number of ether oxygens (including phenoxy) is 2. The van der Waals surface area contributed by atoms with E-state index in [9.17, 15) is 8.42 Å². The lowest BCUT2D eigenvalue weighted by Crippen LogP contribution is -2.50. The van der Waals surface area contributed by atoms with Crippen LogP contribution in [-0.2, 0) is 25.9 Å². The molecule has 1 aromatic carbocycles. The number of rotatable bonds is 5. The highest BCUT2D eigenvalue weighted by molar-refractivity contribution is 7.89. The summed E-state index contributed by atoms with van der Waals surface area (Å²) in [4.78, 5) is 0.363. The van der Waals surface area contributed by atoms with E-state index >= 15 is 0 Å². The van der Waals surface area contributed by atoms with Gasteiger partial charge in [-0.2, -0.15) is 4.31 Å². The van der Waals surface area contributed by atoms with Crippen molar-refractivity contribution < 1.29 is 17.9 Å². The first kappa shape index (κ1) is 16.9. The Labute approximate surface area is 138 Å². The van der Waals surface area contributed by atoms with Crippen molar-refractivity contribution in [1.82, 2.24) is 4.31 Å². The molecular weight excluding hydrogens is 314 g/mol. The van der Waals surface area contributed by atoms with Gasteiger partial charge in [0.2, 0.25) is 10.0 Å². The van der Waals surface area contributed by atoms with Crippen LogP contribution in [0.4, 0.5) is 0 Å². The first-order chi connectivity index (χ1) is 11.1. The first-order valence-electron chi connectivity index (χ1n) is 8.47. The molecule has 128 valence electrons. The van der Waals surface area contributed by atoms with Gasteiger partial charge in [-0.3, -0.25) is 0 Å². The van der Waals surface area contributed by atoms with Gasteiger partial charge in [0.25, 0.3) is 0 Å². The number of nitrogens with zero attached hydrogens (tertiary/aromatic N) is 1. The first-order valence-corrected chi connectivity index (χ1v) is 9.91. The van der Waals surface area contributed by atoms with Crippen LogP contribution >= 0.6 is 0 Å². The monoisotopic (exact) mass is 339 g/mol. The fraction of sp³-hybridized carbons (Fsp3) is 0.647. The molecule has 5 nitrogen and oxygen atoms in total. The number of sulfonamides is 1. The predicted molar refractivity (Wildman–Crippen MR) is 87.7 cm³/mol. The number of hydrogen-bond donors (Lipinski definition) is 0. The minimum Gasteiger partial charge on any atom is -0.349 e. The van der Waals surface area contributed by atoms with Gasteiger partial charge in [-0.05, 0) is 37.0 Å². The third-order valence-corrected chi connectivity index (χ3v) is 6.47. The maximum atomic E-state index is 13.0. The van der Waals surface area contributed by atoms with Crippen molar-refractivity contribution in [2.24, 2.45) is 0 Å². The molecule has 1 unspecified atom stereocenters. The van der Waals surface area contributed by atoms with E-state index < -0.39 is 16.3 Å². The summed E-state index contributed by atoms with van der Waals surface area (Å²) in [6, 6.07) is 7.06. The van der Waals surface area contributed by atoms with Gasteiger partial charge in [0.15, 0.2) is 6.29 Å². The smallest absolute Gasteiger partial charge is 0.243 e. The zero-order valence-electron chi connectivity index (χ0n) is 13.6. The molecule has 1 aromatic rings. The minimum absolute atomic E-state index is 0.216. The molecule has 0 radical (unpaired) electrons. The summed E-state index contributed by atoms with van der Waals surface area (Å²) in [5.41, 5.74) is 1.17. The Bertz CT molecular complexity index is 608. The zero-order valence-corrected chi connectivity index (χ0v) is 14.4. The van der Waals surface area contributed by atoms with E-state index in [1.807, 2.05) is 12.1 Å². The van der Waals surface area contributed by atoms with Gasteiger partial charge in [-0.1, -0.05) is 31.9 Å². The number of aryl methyl sites for hydroxylation is 1. The normalized spacial score (nSPS) is 24.1. The summed E-state index contributed by atoms with van der Waals surface area (Å²) in [5.74, 6) is 0. The molecule has 0 bridgehead atoms. The van der Waals surface area contributed by atoms with Crippen molar-refractivity contribution >= 4 is 10.0 Å². The molecule has 1 atom stereocenters. The molecule has 3 rings (SSSR count). The molecule has 0 amide bonds. The van der Waals surface area contributed by atoms with E-state index in [0.29, 0.717) is 24.7 Å². The largest absolute Gasteiger partial charge is 0.349 e. The topological polar surface area (TPSA) is 55.8 Å². The van der Waals surface area contributed by atoms with Crippen LogP contribution in [0.15, 0.2) is 29.2 Å². The van der Waals surface area contributed by atoms with Gasteiger partial charge in [-0.25, -0.2) is 8.42 Å². The Kier molecular flexibility index (Phi) is 5.36. The zero-order chi connectivity index (χ0) is 16.3. The second-order valence-corrected chi connectivity index (χ2v) is 8.07. The van der Waals surface area contributed by atoms with Crippen molar-refractivity contribution in [3.05, 3.63) is 29.8 Å². The molecule has 2 saturated heterocycles. The summed E-state index contributed by atoms with van der Waals surface area (Å²) in [6.45, 7) is 3.74. The van der Waals surface area contributed by atoms with Crippen LogP contribution in [-0.4, -0.2) is 44.8 Å². The highest BCUT2D eigenvalue weighted by atomic mass is 32.2. The van der Waals surface area contributed by atoms with Crippen LogP contribution in [0.25, 0.3) is 0 Å². The number of benzene rings is 1. The lowest BCUT2D eigenvalue weighted by molar-refractivity contribution is -0.0913. The van der Waals surface area contributed by atoms with Gasteiger partial charge in [0.1, 0.15) is 0 Å². The second kappa shape index (κ2) is 7.30. The minimum atomic E-state index is -3.51. The maximum absolute atomic E-state index is 13.0. The van der Waals surface area contributed by atoms with Gasteiger partial charge in [0, 0.05) is 6.54 Å². The van der Waals surface area contributed by atoms with Crippen LogP contribution < -0.4 is 0 Å². The van der Waals surface area contributed by atoms with E-state index in [0.717, 1.165) is 32.1 Å². The quantitative estimate of drug-likeness (QED) is 0.827.